The number of amides is 1. The second kappa shape index (κ2) is 10.2. The van der Waals surface area contributed by atoms with Gasteiger partial charge < -0.3 is 10.1 Å². The summed E-state index contributed by atoms with van der Waals surface area (Å²) >= 11 is 2.14. The van der Waals surface area contributed by atoms with Gasteiger partial charge in [-0.05, 0) is 70.1 Å². The largest absolute Gasteiger partial charge is 0.454 e. The van der Waals surface area contributed by atoms with E-state index in [0.717, 1.165) is 25.6 Å². The molecule has 3 aromatic carbocycles. The molecule has 0 fully saturated rings. The minimum absolute atomic E-state index is 0.0431. The molecule has 1 atom stereocenters. The zero-order chi connectivity index (χ0) is 24.3. The van der Waals surface area contributed by atoms with E-state index in [9.17, 15) is 22.4 Å². The van der Waals surface area contributed by atoms with Gasteiger partial charge in [-0.3, -0.25) is 9.59 Å². The van der Waals surface area contributed by atoms with Crippen LogP contribution in [0.4, 0.5) is 10.1 Å². The molecule has 7 nitrogen and oxygen atoms in total. The number of fused-ring (bicyclic) bond motifs is 1. The maximum absolute atomic E-state index is 14.4. The predicted octanol–water partition coefficient (Wildman–Crippen LogP) is 3.73. The number of rotatable bonds is 6. The third-order valence-corrected chi connectivity index (χ3v) is 7.98. The summed E-state index contributed by atoms with van der Waals surface area (Å²) in [6.07, 6.45) is 0.0431. The summed E-state index contributed by atoms with van der Waals surface area (Å²) in [4.78, 5) is 24.7. The smallest absolute Gasteiger partial charge is 0.325 e. The Bertz CT molecular complexity index is 1330. The van der Waals surface area contributed by atoms with Gasteiger partial charge in [0, 0.05) is 22.2 Å². The van der Waals surface area contributed by atoms with Crippen LogP contribution in [-0.4, -0.2) is 37.2 Å². The van der Waals surface area contributed by atoms with Gasteiger partial charge in [-0.15, -0.1) is 0 Å². The van der Waals surface area contributed by atoms with Crippen LogP contribution < -0.4 is 5.32 Å². The molecule has 3 aromatic rings. The number of sulfonamides is 1. The number of ether oxygens (including phenoxy) is 1. The molecule has 1 unspecified atom stereocenters. The Balaban J connectivity index is 1.54. The average molecular weight is 594 g/mol. The SMILES string of the molecule is O=C(COC(=O)C1Cc2ccccc2CN1S(=O)(=O)c1ccccc1F)Nc1ccc(I)cc1. The minimum atomic E-state index is -4.36. The number of carbonyl (C=O) groups excluding carboxylic acids is 2. The van der Waals surface area contributed by atoms with Crippen molar-refractivity contribution in [1.29, 1.82) is 0 Å². The van der Waals surface area contributed by atoms with E-state index in [-0.39, 0.29) is 13.0 Å². The van der Waals surface area contributed by atoms with Crippen LogP contribution in [0.1, 0.15) is 11.1 Å². The number of nitrogens with zero attached hydrogens (tertiary/aromatic N) is 1. The highest BCUT2D eigenvalue weighted by Gasteiger charge is 2.41. The monoisotopic (exact) mass is 594 g/mol. The van der Waals surface area contributed by atoms with Crippen molar-refractivity contribution >= 4 is 50.2 Å². The highest BCUT2D eigenvalue weighted by Crippen LogP contribution is 2.30. The number of benzene rings is 3. The Labute approximate surface area is 210 Å². The number of carbonyl (C=O) groups is 2. The van der Waals surface area contributed by atoms with Crippen LogP contribution in [0.3, 0.4) is 0 Å². The maximum atomic E-state index is 14.4. The number of hydrogen-bond acceptors (Lipinski definition) is 5. The molecule has 0 aliphatic carbocycles. The van der Waals surface area contributed by atoms with E-state index in [1.807, 2.05) is 12.1 Å². The number of esters is 1. The first-order chi connectivity index (χ1) is 16.3. The number of halogens is 2. The van der Waals surface area contributed by atoms with Gasteiger partial charge in [-0.25, -0.2) is 12.8 Å². The molecule has 1 aliphatic heterocycles. The molecular formula is C24H20FIN2O5S. The molecular weight excluding hydrogens is 574 g/mol. The number of anilines is 1. The van der Waals surface area contributed by atoms with Crippen molar-refractivity contribution in [3.8, 4) is 0 Å². The van der Waals surface area contributed by atoms with Crippen molar-refractivity contribution in [2.75, 3.05) is 11.9 Å². The van der Waals surface area contributed by atoms with Crippen LogP contribution >= 0.6 is 22.6 Å². The van der Waals surface area contributed by atoms with E-state index < -0.39 is 45.3 Å². The molecule has 1 amide bonds. The Hall–Kier alpha value is -2.83. The first kappa shape index (κ1) is 24.3. The second-order valence-corrected chi connectivity index (χ2v) is 10.7. The molecule has 0 aromatic heterocycles. The third kappa shape index (κ3) is 5.29. The molecule has 4 rings (SSSR count). The van der Waals surface area contributed by atoms with Gasteiger partial charge in [0.1, 0.15) is 16.8 Å². The van der Waals surface area contributed by atoms with Crippen LogP contribution in [0.25, 0.3) is 0 Å². The summed E-state index contributed by atoms with van der Waals surface area (Å²) in [6, 6.07) is 17.9. The Morgan fingerprint density at radius 3 is 2.35 bits per heavy atom. The zero-order valence-corrected chi connectivity index (χ0v) is 20.8. The lowest BCUT2D eigenvalue weighted by atomic mass is 9.96. The summed E-state index contributed by atoms with van der Waals surface area (Å²) in [6.45, 7) is -0.710. The van der Waals surface area contributed by atoms with Crippen LogP contribution in [0.2, 0.25) is 0 Å². The van der Waals surface area contributed by atoms with Crippen molar-refractivity contribution in [2.24, 2.45) is 0 Å². The van der Waals surface area contributed by atoms with Crippen molar-refractivity contribution in [3.63, 3.8) is 0 Å². The molecule has 176 valence electrons. The highest BCUT2D eigenvalue weighted by atomic mass is 127. The fraction of sp³-hybridized carbons (Fsp3) is 0.167. The van der Waals surface area contributed by atoms with Crippen LogP contribution in [0.5, 0.6) is 0 Å². The molecule has 10 heteroatoms. The first-order valence-corrected chi connectivity index (χ1v) is 12.8. The standard InChI is InChI=1S/C24H20FIN2O5S/c25-20-7-3-4-8-22(20)34(31,32)28-14-17-6-2-1-5-16(17)13-21(28)24(30)33-15-23(29)27-19-11-9-18(26)10-12-19/h1-12,21H,13-15H2,(H,27,29). The summed E-state index contributed by atoms with van der Waals surface area (Å²) in [7, 11) is -4.36. The lowest BCUT2D eigenvalue weighted by Crippen LogP contribution is -2.49. The molecule has 0 spiro atoms. The van der Waals surface area contributed by atoms with Crippen LogP contribution in [-0.2, 0) is 37.3 Å². The van der Waals surface area contributed by atoms with Crippen molar-refractivity contribution < 1.29 is 27.1 Å². The second-order valence-electron chi connectivity index (χ2n) is 7.63. The summed E-state index contributed by atoms with van der Waals surface area (Å²) in [5.41, 5.74) is 2.03. The first-order valence-electron chi connectivity index (χ1n) is 10.3. The number of hydrogen-bond donors (Lipinski definition) is 1. The lowest BCUT2D eigenvalue weighted by molar-refractivity contribution is -0.151. The van der Waals surface area contributed by atoms with E-state index >= 15 is 0 Å². The molecule has 1 heterocycles. The summed E-state index contributed by atoms with van der Waals surface area (Å²) in [5.74, 6) is -2.35. The molecule has 34 heavy (non-hydrogen) atoms. The van der Waals surface area contributed by atoms with Gasteiger partial charge in [0.05, 0.1) is 0 Å². The molecule has 1 aliphatic rings. The van der Waals surface area contributed by atoms with Gasteiger partial charge in [-0.1, -0.05) is 36.4 Å². The van der Waals surface area contributed by atoms with E-state index in [1.165, 1.54) is 12.1 Å². The lowest BCUT2D eigenvalue weighted by Gasteiger charge is -2.34. The van der Waals surface area contributed by atoms with Gasteiger partial charge in [0.15, 0.2) is 6.61 Å². The molecule has 0 radical (unpaired) electrons. The summed E-state index contributed by atoms with van der Waals surface area (Å²) in [5, 5.41) is 2.62. The van der Waals surface area contributed by atoms with Gasteiger partial charge in [-0.2, -0.15) is 4.31 Å². The number of nitrogens with one attached hydrogen (secondary N) is 1. The minimum Gasteiger partial charge on any atom is -0.454 e. The predicted molar refractivity (Wildman–Crippen MR) is 132 cm³/mol. The van der Waals surface area contributed by atoms with E-state index in [4.69, 9.17) is 4.74 Å². The summed E-state index contributed by atoms with van der Waals surface area (Å²) < 4.78 is 48.2. The third-order valence-electron chi connectivity index (χ3n) is 5.37. The van der Waals surface area contributed by atoms with Crippen LogP contribution in [0.15, 0.2) is 77.7 Å². The molecule has 0 bridgehead atoms. The Morgan fingerprint density at radius 2 is 1.65 bits per heavy atom. The fourth-order valence-corrected chi connectivity index (χ4v) is 5.68. The zero-order valence-electron chi connectivity index (χ0n) is 17.8. The molecule has 1 N–H and O–H groups in total. The van der Waals surface area contributed by atoms with Crippen molar-refractivity contribution in [3.05, 3.63) is 93.3 Å². The highest BCUT2D eigenvalue weighted by molar-refractivity contribution is 14.1. The van der Waals surface area contributed by atoms with Gasteiger partial charge >= 0.3 is 5.97 Å². The molecule has 0 saturated heterocycles. The van der Waals surface area contributed by atoms with Crippen molar-refractivity contribution in [1.82, 2.24) is 4.31 Å². The normalized spacial score (nSPS) is 15.9. The van der Waals surface area contributed by atoms with E-state index in [2.05, 4.69) is 27.9 Å². The maximum Gasteiger partial charge on any atom is 0.325 e. The Kier molecular flexibility index (Phi) is 7.29. The fourth-order valence-electron chi connectivity index (χ4n) is 3.70. The van der Waals surface area contributed by atoms with E-state index in [0.29, 0.717) is 11.3 Å². The quantitative estimate of drug-likeness (QED) is 0.347. The van der Waals surface area contributed by atoms with E-state index in [1.54, 1.807) is 36.4 Å². The topological polar surface area (TPSA) is 92.8 Å². The van der Waals surface area contributed by atoms with Crippen molar-refractivity contribution in [2.45, 2.75) is 23.9 Å². The average Bonchev–Trinajstić information content (AvgIpc) is 2.83. The molecule has 0 saturated carbocycles. The van der Waals surface area contributed by atoms with Gasteiger partial charge in [0.25, 0.3) is 5.91 Å². The van der Waals surface area contributed by atoms with Crippen LogP contribution in [0, 0.1) is 9.39 Å². The van der Waals surface area contributed by atoms with Gasteiger partial charge in [0.2, 0.25) is 10.0 Å². The Morgan fingerprint density at radius 1 is 1.00 bits per heavy atom.